The molecule has 0 aliphatic rings. The van der Waals surface area contributed by atoms with Crippen LogP contribution in [0.4, 0.5) is 0 Å². The van der Waals surface area contributed by atoms with Gasteiger partial charge in [-0.2, -0.15) is 0 Å². The van der Waals surface area contributed by atoms with Crippen molar-refractivity contribution in [2.75, 3.05) is 13.2 Å². The summed E-state index contributed by atoms with van der Waals surface area (Å²) < 4.78 is 11.4. The van der Waals surface area contributed by atoms with Crippen LogP contribution < -0.4 is 9.47 Å². The van der Waals surface area contributed by atoms with E-state index in [9.17, 15) is 4.79 Å². The molecular formula is C22H23NO4S. The molecule has 0 fully saturated rings. The van der Waals surface area contributed by atoms with Crippen molar-refractivity contribution in [2.45, 2.75) is 26.7 Å². The summed E-state index contributed by atoms with van der Waals surface area (Å²) in [5.41, 5.74) is 2.69. The van der Waals surface area contributed by atoms with E-state index < -0.39 is 5.97 Å². The van der Waals surface area contributed by atoms with Crippen LogP contribution in [0.2, 0.25) is 0 Å². The Morgan fingerprint density at radius 2 is 1.54 bits per heavy atom. The van der Waals surface area contributed by atoms with E-state index in [1.807, 2.05) is 36.4 Å². The first-order chi connectivity index (χ1) is 13.4. The average Bonchev–Trinajstić information content (AvgIpc) is 3.08. The molecule has 0 spiro atoms. The molecule has 0 saturated heterocycles. The number of rotatable bonds is 8. The van der Waals surface area contributed by atoms with Gasteiger partial charge in [0.1, 0.15) is 34.6 Å². The number of ether oxygens (including phenoxy) is 2. The SMILES string of the molecule is Cc1nc(-c2ccc(OCCOc3ccc(C(C)C)cc3)cc2)sc1C(=O)O. The Morgan fingerprint density at radius 3 is 2.00 bits per heavy atom. The number of thiazole rings is 1. The monoisotopic (exact) mass is 397 g/mol. The van der Waals surface area contributed by atoms with Crippen molar-refractivity contribution >= 4 is 17.3 Å². The molecule has 1 aromatic heterocycles. The van der Waals surface area contributed by atoms with Gasteiger partial charge in [-0.25, -0.2) is 9.78 Å². The second-order valence-corrected chi connectivity index (χ2v) is 7.68. The Labute approximate surface area is 168 Å². The molecule has 3 aromatic rings. The summed E-state index contributed by atoms with van der Waals surface area (Å²) in [6.45, 7) is 6.92. The van der Waals surface area contributed by atoms with Crippen LogP contribution in [-0.4, -0.2) is 29.3 Å². The maximum Gasteiger partial charge on any atom is 0.347 e. The highest BCUT2D eigenvalue weighted by Crippen LogP contribution is 2.29. The van der Waals surface area contributed by atoms with Gasteiger partial charge in [0, 0.05) is 5.56 Å². The lowest BCUT2D eigenvalue weighted by Gasteiger charge is -2.10. The number of benzene rings is 2. The van der Waals surface area contributed by atoms with Crippen LogP contribution >= 0.6 is 11.3 Å². The number of hydrogen-bond acceptors (Lipinski definition) is 5. The lowest BCUT2D eigenvalue weighted by Crippen LogP contribution is -2.09. The molecule has 0 radical (unpaired) electrons. The highest BCUT2D eigenvalue weighted by molar-refractivity contribution is 7.17. The average molecular weight is 397 g/mol. The van der Waals surface area contributed by atoms with Crippen molar-refractivity contribution in [3.05, 3.63) is 64.7 Å². The van der Waals surface area contributed by atoms with E-state index in [1.165, 1.54) is 16.9 Å². The predicted octanol–water partition coefficient (Wildman–Crippen LogP) is 5.40. The molecule has 1 N–H and O–H groups in total. The number of carbonyl (C=O) groups is 1. The Bertz CT molecular complexity index is 930. The Kier molecular flexibility index (Phi) is 6.31. The van der Waals surface area contributed by atoms with E-state index in [4.69, 9.17) is 14.6 Å². The lowest BCUT2D eigenvalue weighted by molar-refractivity contribution is 0.0701. The molecule has 0 saturated carbocycles. The quantitative estimate of drug-likeness (QED) is 0.516. The zero-order valence-corrected chi connectivity index (χ0v) is 17.0. The van der Waals surface area contributed by atoms with E-state index in [0.717, 1.165) is 17.1 Å². The third-order valence-electron chi connectivity index (χ3n) is 4.26. The summed E-state index contributed by atoms with van der Waals surface area (Å²) in [6, 6.07) is 15.6. The summed E-state index contributed by atoms with van der Waals surface area (Å²) in [5.74, 6) is 1.12. The molecule has 0 unspecified atom stereocenters. The third kappa shape index (κ3) is 4.89. The highest BCUT2D eigenvalue weighted by atomic mass is 32.1. The first kappa shape index (κ1) is 19.9. The van der Waals surface area contributed by atoms with Crippen molar-refractivity contribution in [3.63, 3.8) is 0 Å². The largest absolute Gasteiger partial charge is 0.490 e. The zero-order valence-electron chi connectivity index (χ0n) is 16.1. The van der Waals surface area contributed by atoms with Crippen molar-refractivity contribution in [1.82, 2.24) is 4.98 Å². The van der Waals surface area contributed by atoms with E-state index >= 15 is 0 Å². The lowest BCUT2D eigenvalue weighted by atomic mass is 10.0. The number of carboxylic acid groups (broad SMARTS) is 1. The van der Waals surface area contributed by atoms with Gasteiger partial charge in [-0.1, -0.05) is 26.0 Å². The molecule has 1 heterocycles. The molecule has 0 atom stereocenters. The number of nitrogens with zero attached hydrogens (tertiary/aromatic N) is 1. The van der Waals surface area contributed by atoms with Crippen LogP contribution in [0.5, 0.6) is 11.5 Å². The second-order valence-electron chi connectivity index (χ2n) is 6.68. The third-order valence-corrected chi connectivity index (χ3v) is 5.45. The number of hydrogen-bond donors (Lipinski definition) is 1. The van der Waals surface area contributed by atoms with Crippen molar-refractivity contribution in [1.29, 1.82) is 0 Å². The van der Waals surface area contributed by atoms with Crippen molar-refractivity contribution < 1.29 is 19.4 Å². The first-order valence-electron chi connectivity index (χ1n) is 9.10. The molecule has 0 amide bonds. The molecule has 6 heteroatoms. The number of aromatic nitrogens is 1. The normalized spacial score (nSPS) is 10.9. The van der Waals surface area contributed by atoms with E-state index in [1.54, 1.807) is 6.92 Å². The van der Waals surface area contributed by atoms with E-state index in [2.05, 4.69) is 31.0 Å². The predicted molar refractivity (Wildman–Crippen MR) is 111 cm³/mol. The second kappa shape index (κ2) is 8.89. The zero-order chi connectivity index (χ0) is 20.1. The summed E-state index contributed by atoms with van der Waals surface area (Å²) in [5, 5.41) is 9.84. The van der Waals surface area contributed by atoms with Gasteiger partial charge in [-0.3, -0.25) is 0 Å². The van der Waals surface area contributed by atoms with Gasteiger partial charge in [-0.15, -0.1) is 11.3 Å². The van der Waals surface area contributed by atoms with Crippen molar-refractivity contribution in [3.8, 4) is 22.1 Å². The maximum absolute atomic E-state index is 11.2. The maximum atomic E-state index is 11.2. The Morgan fingerprint density at radius 1 is 1.00 bits per heavy atom. The molecule has 28 heavy (non-hydrogen) atoms. The molecular weight excluding hydrogens is 374 g/mol. The fourth-order valence-corrected chi connectivity index (χ4v) is 3.59. The van der Waals surface area contributed by atoms with Crippen LogP contribution in [0.1, 0.15) is 40.7 Å². The Balaban J connectivity index is 1.50. The van der Waals surface area contributed by atoms with Crippen LogP contribution in [0.15, 0.2) is 48.5 Å². The topological polar surface area (TPSA) is 68.7 Å². The van der Waals surface area contributed by atoms with Crippen LogP contribution in [-0.2, 0) is 0 Å². The van der Waals surface area contributed by atoms with Gasteiger partial charge in [0.2, 0.25) is 0 Å². The molecule has 0 aliphatic carbocycles. The Hall–Kier alpha value is -2.86. The summed E-state index contributed by atoms with van der Waals surface area (Å²) in [6.07, 6.45) is 0. The molecule has 3 rings (SSSR count). The first-order valence-corrected chi connectivity index (χ1v) is 9.92. The van der Waals surface area contributed by atoms with Crippen LogP contribution in [0, 0.1) is 6.92 Å². The minimum Gasteiger partial charge on any atom is -0.490 e. The number of carboxylic acids is 1. The van der Waals surface area contributed by atoms with Gasteiger partial charge in [0.25, 0.3) is 0 Å². The standard InChI is InChI=1S/C22H23NO4S/c1-14(2)16-4-8-18(9-5-16)26-12-13-27-19-10-6-17(7-11-19)21-23-15(3)20(28-21)22(24)25/h4-11,14H,12-13H2,1-3H3,(H,24,25). The molecule has 0 aliphatic heterocycles. The smallest absolute Gasteiger partial charge is 0.347 e. The summed E-state index contributed by atoms with van der Waals surface area (Å²) in [7, 11) is 0. The summed E-state index contributed by atoms with van der Waals surface area (Å²) >= 11 is 1.18. The van der Waals surface area contributed by atoms with Gasteiger partial charge in [0.15, 0.2) is 0 Å². The van der Waals surface area contributed by atoms with E-state index in [0.29, 0.717) is 29.8 Å². The fourth-order valence-electron chi connectivity index (χ4n) is 2.68. The van der Waals surface area contributed by atoms with E-state index in [-0.39, 0.29) is 4.88 Å². The molecule has 146 valence electrons. The van der Waals surface area contributed by atoms with Crippen LogP contribution in [0.3, 0.4) is 0 Å². The van der Waals surface area contributed by atoms with Gasteiger partial charge >= 0.3 is 5.97 Å². The highest BCUT2D eigenvalue weighted by Gasteiger charge is 2.14. The molecule has 2 aromatic carbocycles. The number of aromatic carboxylic acids is 1. The molecule has 0 bridgehead atoms. The molecule has 5 nitrogen and oxygen atoms in total. The fraction of sp³-hybridized carbons (Fsp3) is 0.273. The van der Waals surface area contributed by atoms with Crippen LogP contribution in [0.25, 0.3) is 10.6 Å². The van der Waals surface area contributed by atoms with Crippen molar-refractivity contribution in [2.24, 2.45) is 0 Å². The number of aryl methyl sites for hydroxylation is 1. The van der Waals surface area contributed by atoms with Gasteiger partial charge in [0.05, 0.1) is 5.69 Å². The summed E-state index contributed by atoms with van der Waals surface area (Å²) in [4.78, 5) is 15.8. The minimum absolute atomic E-state index is 0.272. The van der Waals surface area contributed by atoms with Gasteiger partial charge in [-0.05, 0) is 54.8 Å². The minimum atomic E-state index is -0.944. The van der Waals surface area contributed by atoms with Gasteiger partial charge < -0.3 is 14.6 Å².